The molecule has 1 unspecified atom stereocenters. The van der Waals surface area contributed by atoms with Crippen molar-refractivity contribution in [3.05, 3.63) is 35.9 Å². The molecule has 0 fully saturated rings. The zero-order chi connectivity index (χ0) is 14.0. The molecule has 0 bridgehead atoms. The molecule has 1 aromatic carbocycles. The molecular weight excluding hydrogens is 256 g/mol. The maximum atomic E-state index is 10.8. The molecule has 0 heterocycles. The lowest BCUT2D eigenvalue weighted by Crippen LogP contribution is -2.13. The fraction of sp³-hybridized carbons (Fsp3) is 0.500. The number of hydrogen-bond acceptors (Lipinski definition) is 5. The molecule has 0 radical (unpaired) electrons. The molecule has 6 heteroatoms. The Labute approximate surface area is 108 Å². The highest BCUT2D eigenvalue weighted by Crippen LogP contribution is 2.16. The van der Waals surface area contributed by atoms with E-state index in [9.17, 15) is 8.42 Å². The summed E-state index contributed by atoms with van der Waals surface area (Å²) in [6.45, 7) is 1.93. The van der Waals surface area contributed by atoms with Crippen LogP contribution in [0, 0.1) is 0 Å². The number of rotatable bonds is 5. The molecule has 1 atom stereocenters. The number of hydrogen-bond donors (Lipinski definition) is 1. The van der Waals surface area contributed by atoms with E-state index in [1.807, 2.05) is 30.3 Å². The summed E-state index contributed by atoms with van der Waals surface area (Å²) in [5, 5.41) is 7.57. The van der Waals surface area contributed by atoms with Gasteiger partial charge in [0.25, 0.3) is 10.1 Å². The van der Waals surface area contributed by atoms with Gasteiger partial charge in [-0.1, -0.05) is 30.3 Å². The second-order valence-electron chi connectivity index (χ2n) is 3.44. The molecule has 18 heavy (non-hydrogen) atoms. The fourth-order valence-electron chi connectivity index (χ4n) is 1.15. The fourth-order valence-corrected chi connectivity index (χ4v) is 1.52. The molecule has 1 aromatic rings. The van der Waals surface area contributed by atoms with Crippen molar-refractivity contribution >= 4 is 10.1 Å². The molecule has 5 nitrogen and oxygen atoms in total. The summed E-state index contributed by atoms with van der Waals surface area (Å²) in [7, 11) is -1.90. The van der Waals surface area contributed by atoms with Gasteiger partial charge in [0.2, 0.25) is 0 Å². The number of ether oxygens (including phenoxy) is 1. The monoisotopic (exact) mass is 276 g/mol. The Morgan fingerprint density at radius 2 is 1.78 bits per heavy atom. The molecule has 0 aliphatic carbocycles. The zero-order valence-electron chi connectivity index (χ0n) is 10.9. The van der Waals surface area contributed by atoms with Crippen LogP contribution in [0.2, 0.25) is 0 Å². The van der Waals surface area contributed by atoms with Crippen LogP contribution in [0.3, 0.4) is 0 Å². The van der Waals surface area contributed by atoms with Gasteiger partial charge in [0.15, 0.2) is 0 Å². The van der Waals surface area contributed by atoms with E-state index < -0.39 is 10.1 Å². The quantitative estimate of drug-likeness (QED) is 0.822. The number of methoxy groups -OCH3 is 1. The van der Waals surface area contributed by atoms with Crippen LogP contribution in [-0.2, 0) is 19.0 Å². The third kappa shape index (κ3) is 8.19. The summed E-state index contributed by atoms with van der Waals surface area (Å²) in [6, 6.07) is 9.33. The summed E-state index contributed by atoms with van der Waals surface area (Å²) < 4.78 is 31.4. The van der Waals surface area contributed by atoms with Crippen molar-refractivity contribution in [3.8, 4) is 0 Å². The molecule has 0 spiro atoms. The number of aliphatic hydroxyl groups excluding tert-OH is 1. The van der Waals surface area contributed by atoms with E-state index in [2.05, 4.69) is 4.18 Å². The van der Waals surface area contributed by atoms with Crippen molar-refractivity contribution in [2.24, 2.45) is 0 Å². The lowest BCUT2D eigenvalue weighted by atomic mass is 10.1. The van der Waals surface area contributed by atoms with Crippen molar-refractivity contribution < 1.29 is 22.4 Å². The van der Waals surface area contributed by atoms with E-state index in [0.29, 0.717) is 0 Å². The Hall–Kier alpha value is -0.950. The van der Waals surface area contributed by atoms with Gasteiger partial charge in [-0.05, 0) is 12.5 Å². The van der Waals surface area contributed by atoms with Gasteiger partial charge in [-0.2, -0.15) is 8.42 Å². The lowest BCUT2D eigenvalue weighted by molar-refractivity contribution is 0.0602. The Balaban J connectivity index is 0.000000873. The largest absolute Gasteiger partial charge is 0.397 e. The van der Waals surface area contributed by atoms with Crippen molar-refractivity contribution in [2.75, 3.05) is 26.6 Å². The highest BCUT2D eigenvalue weighted by atomic mass is 32.2. The highest BCUT2D eigenvalue weighted by molar-refractivity contribution is 7.85. The second-order valence-corrected chi connectivity index (χ2v) is 5.08. The van der Waals surface area contributed by atoms with Crippen molar-refractivity contribution in [1.82, 2.24) is 0 Å². The van der Waals surface area contributed by atoms with Gasteiger partial charge in [-0.25, -0.2) is 0 Å². The normalized spacial score (nSPS) is 12.4. The van der Waals surface area contributed by atoms with Crippen LogP contribution in [0.15, 0.2) is 30.3 Å². The van der Waals surface area contributed by atoms with Crippen LogP contribution in [0.5, 0.6) is 0 Å². The minimum absolute atomic E-state index is 0.000648. The molecule has 1 rings (SSSR count). The predicted octanol–water partition coefficient (Wildman–Crippen LogP) is 1.35. The molecule has 0 aromatic heterocycles. The second kappa shape index (κ2) is 9.04. The first-order valence-electron chi connectivity index (χ1n) is 5.47. The lowest BCUT2D eigenvalue weighted by Gasteiger charge is -2.14. The first-order chi connectivity index (χ1) is 8.44. The Bertz CT molecular complexity index is 402. The van der Waals surface area contributed by atoms with Gasteiger partial charge in [0, 0.05) is 13.7 Å². The van der Waals surface area contributed by atoms with E-state index in [0.717, 1.165) is 11.8 Å². The van der Waals surface area contributed by atoms with Crippen LogP contribution < -0.4 is 0 Å². The predicted molar refractivity (Wildman–Crippen MR) is 69.7 cm³/mol. The zero-order valence-corrected chi connectivity index (χ0v) is 11.7. The van der Waals surface area contributed by atoms with Gasteiger partial charge in [0.05, 0.1) is 12.9 Å². The third-order valence-corrected chi connectivity index (χ3v) is 2.45. The molecule has 0 amide bonds. The first kappa shape index (κ1) is 17.1. The van der Waals surface area contributed by atoms with Crippen LogP contribution >= 0.6 is 0 Å². The first-order valence-corrected chi connectivity index (χ1v) is 7.29. The number of benzene rings is 1. The van der Waals surface area contributed by atoms with Crippen molar-refractivity contribution in [2.45, 2.75) is 13.0 Å². The average Bonchev–Trinajstić information content (AvgIpc) is 2.31. The maximum Gasteiger partial charge on any atom is 0.264 e. The topological polar surface area (TPSA) is 72.8 Å². The third-order valence-electron chi connectivity index (χ3n) is 1.89. The molecule has 1 N–H and O–H groups in total. The van der Waals surface area contributed by atoms with Crippen molar-refractivity contribution in [1.29, 1.82) is 0 Å². The smallest absolute Gasteiger partial charge is 0.264 e. The van der Waals surface area contributed by atoms with Crippen LogP contribution in [0.1, 0.15) is 18.6 Å². The van der Waals surface area contributed by atoms with Crippen molar-refractivity contribution in [3.63, 3.8) is 0 Å². The minimum atomic E-state index is -3.42. The van der Waals surface area contributed by atoms with Gasteiger partial charge in [0.1, 0.15) is 6.10 Å². The van der Waals surface area contributed by atoms with Crippen LogP contribution in [0.4, 0.5) is 0 Å². The van der Waals surface area contributed by atoms with E-state index in [-0.39, 0.29) is 19.3 Å². The molecule has 0 saturated carbocycles. The summed E-state index contributed by atoms with van der Waals surface area (Å²) in [4.78, 5) is 0. The van der Waals surface area contributed by atoms with E-state index in [4.69, 9.17) is 9.84 Å². The molecule has 0 aliphatic rings. The Kier molecular flexibility index (Phi) is 8.57. The average molecular weight is 276 g/mol. The molecule has 104 valence electrons. The minimum Gasteiger partial charge on any atom is -0.397 e. The highest BCUT2D eigenvalue weighted by Gasteiger charge is 2.13. The summed E-state index contributed by atoms with van der Waals surface area (Å²) in [6.07, 6.45) is 0.658. The number of aliphatic hydroxyl groups is 1. The van der Waals surface area contributed by atoms with Crippen LogP contribution in [0.25, 0.3) is 0 Å². The summed E-state index contributed by atoms with van der Waals surface area (Å²) in [5.74, 6) is 0. The molecule has 0 saturated heterocycles. The van der Waals surface area contributed by atoms with E-state index in [1.54, 1.807) is 6.92 Å². The Morgan fingerprint density at radius 1 is 1.28 bits per heavy atom. The van der Waals surface area contributed by atoms with E-state index in [1.165, 1.54) is 7.11 Å². The molecule has 0 aliphatic heterocycles. The van der Waals surface area contributed by atoms with Gasteiger partial charge < -0.3 is 9.84 Å². The van der Waals surface area contributed by atoms with Gasteiger partial charge in [-0.15, -0.1) is 0 Å². The van der Waals surface area contributed by atoms with Crippen LogP contribution in [-0.4, -0.2) is 40.1 Å². The maximum absolute atomic E-state index is 10.8. The molecular formula is C12H20O5S. The SMILES string of the molecule is CCO.COC(COS(C)(=O)=O)c1ccccc1. The Morgan fingerprint density at radius 3 is 2.17 bits per heavy atom. The van der Waals surface area contributed by atoms with Gasteiger partial charge in [-0.3, -0.25) is 4.18 Å². The van der Waals surface area contributed by atoms with Gasteiger partial charge >= 0.3 is 0 Å². The standard InChI is InChI=1S/C10H14O4S.C2H6O/c1-13-10(8-14-15(2,11)12)9-6-4-3-5-7-9;1-2-3/h3-7,10H,8H2,1-2H3;3H,2H2,1H3. The van der Waals surface area contributed by atoms with E-state index >= 15 is 0 Å². The summed E-state index contributed by atoms with van der Waals surface area (Å²) in [5.41, 5.74) is 0.892. The summed E-state index contributed by atoms with van der Waals surface area (Å²) >= 11 is 0.